The third kappa shape index (κ3) is 3.81. The first-order valence-corrected chi connectivity index (χ1v) is 7.62. The van der Waals surface area contributed by atoms with Gasteiger partial charge >= 0.3 is 0 Å². The topological polar surface area (TPSA) is 38.5 Å². The van der Waals surface area contributed by atoms with Crippen molar-refractivity contribution < 1.29 is 4.74 Å². The van der Waals surface area contributed by atoms with Gasteiger partial charge in [0.1, 0.15) is 0 Å². The predicted molar refractivity (Wildman–Crippen MR) is 84.0 cm³/mol. The maximum Gasteiger partial charge on any atom is 0.0638 e. The summed E-state index contributed by atoms with van der Waals surface area (Å²) >= 11 is 0. The van der Waals surface area contributed by atoms with E-state index in [9.17, 15) is 0 Å². The Kier molecular flexibility index (Phi) is 5.19. The Morgan fingerprint density at radius 1 is 1.20 bits per heavy atom. The zero-order valence-electron chi connectivity index (χ0n) is 13.1. The predicted octanol–water partition coefficient (Wildman–Crippen LogP) is 2.23. The van der Waals surface area contributed by atoms with Crippen LogP contribution in [0.3, 0.4) is 0 Å². The van der Waals surface area contributed by atoms with Crippen molar-refractivity contribution in [3.8, 4) is 0 Å². The summed E-state index contributed by atoms with van der Waals surface area (Å²) in [5.41, 5.74) is 8.91. The second kappa shape index (κ2) is 6.70. The number of hydrogen-bond donors (Lipinski definition) is 1. The van der Waals surface area contributed by atoms with Gasteiger partial charge in [0.2, 0.25) is 0 Å². The zero-order chi connectivity index (χ0) is 14.6. The molecular weight excluding hydrogens is 248 g/mol. The van der Waals surface area contributed by atoms with Crippen LogP contribution in [0.5, 0.6) is 0 Å². The number of ether oxygens (including phenoxy) is 1. The maximum absolute atomic E-state index is 6.02. The van der Waals surface area contributed by atoms with Gasteiger partial charge in [-0.3, -0.25) is 4.90 Å². The van der Waals surface area contributed by atoms with Crippen molar-refractivity contribution in [1.82, 2.24) is 4.90 Å². The van der Waals surface area contributed by atoms with Crippen LogP contribution >= 0.6 is 0 Å². The average Bonchev–Trinajstić information content (AvgIpc) is 2.67. The van der Waals surface area contributed by atoms with E-state index in [0.717, 1.165) is 32.4 Å². The molecule has 1 aromatic carbocycles. The van der Waals surface area contributed by atoms with E-state index in [1.54, 1.807) is 7.11 Å². The Bertz CT molecular complexity index is 404. The van der Waals surface area contributed by atoms with Crippen LogP contribution in [0.1, 0.15) is 31.4 Å². The van der Waals surface area contributed by atoms with Gasteiger partial charge in [0.15, 0.2) is 0 Å². The highest BCUT2D eigenvalue weighted by Crippen LogP contribution is 2.22. The SMILES string of the molecule is COC(C)(C)CC(CN)N1CCc2ccccc2CC1. The Balaban J connectivity index is 2.03. The van der Waals surface area contributed by atoms with Crippen molar-refractivity contribution >= 4 is 0 Å². The van der Waals surface area contributed by atoms with Crippen LogP contribution < -0.4 is 5.73 Å². The lowest BCUT2D eigenvalue weighted by Crippen LogP contribution is -2.46. The third-order valence-corrected chi connectivity index (χ3v) is 4.52. The first kappa shape index (κ1) is 15.5. The van der Waals surface area contributed by atoms with Crippen molar-refractivity contribution in [3.63, 3.8) is 0 Å². The molecule has 1 aliphatic heterocycles. The van der Waals surface area contributed by atoms with E-state index in [2.05, 4.69) is 43.0 Å². The molecule has 0 bridgehead atoms. The second-order valence-corrected chi connectivity index (χ2v) is 6.36. The van der Waals surface area contributed by atoms with Crippen molar-refractivity contribution in [1.29, 1.82) is 0 Å². The summed E-state index contributed by atoms with van der Waals surface area (Å²) in [6.07, 6.45) is 3.23. The minimum absolute atomic E-state index is 0.108. The highest BCUT2D eigenvalue weighted by Gasteiger charge is 2.27. The molecule has 2 rings (SSSR count). The number of fused-ring (bicyclic) bond motifs is 1. The monoisotopic (exact) mass is 276 g/mol. The molecule has 3 nitrogen and oxygen atoms in total. The highest BCUT2D eigenvalue weighted by atomic mass is 16.5. The highest BCUT2D eigenvalue weighted by molar-refractivity contribution is 5.28. The van der Waals surface area contributed by atoms with Gasteiger partial charge in [-0.15, -0.1) is 0 Å². The van der Waals surface area contributed by atoms with E-state index >= 15 is 0 Å². The molecule has 1 aliphatic rings. The summed E-state index contributed by atoms with van der Waals surface area (Å²) in [4.78, 5) is 2.54. The molecule has 0 fully saturated rings. The maximum atomic E-state index is 6.02. The summed E-state index contributed by atoms with van der Waals surface area (Å²) in [5.74, 6) is 0. The Hall–Kier alpha value is -0.900. The molecule has 1 heterocycles. The van der Waals surface area contributed by atoms with Crippen LogP contribution in [0.4, 0.5) is 0 Å². The molecule has 3 heteroatoms. The Labute approximate surface area is 123 Å². The molecule has 0 aliphatic carbocycles. The van der Waals surface area contributed by atoms with Gasteiger partial charge in [-0.25, -0.2) is 0 Å². The largest absolute Gasteiger partial charge is 0.379 e. The van der Waals surface area contributed by atoms with Crippen LogP contribution in [-0.2, 0) is 17.6 Å². The molecule has 1 aromatic rings. The number of hydrogen-bond acceptors (Lipinski definition) is 3. The lowest BCUT2D eigenvalue weighted by molar-refractivity contribution is -0.00714. The quantitative estimate of drug-likeness (QED) is 0.896. The number of rotatable bonds is 5. The molecular formula is C17H28N2O. The molecule has 2 N–H and O–H groups in total. The van der Waals surface area contributed by atoms with E-state index < -0.39 is 0 Å². The van der Waals surface area contributed by atoms with Crippen molar-refractivity contribution in [2.45, 2.75) is 44.8 Å². The van der Waals surface area contributed by atoms with E-state index in [1.807, 2.05) is 0 Å². The van der Waals surface area contributed by atoms with E-state index in [0.29, 0.717) is 12.6 Å². The Morgan fingerprint density at radius 3 is 2.20 bits per heavy atom. The smallest absolute Gasteiger partial charge is 0.0638 e. The molecule has 1 atom stereocenters. The summed E-state index contributed by atoms with van der Waals surface area (Å²) in [6.45, 7) is 7.17. The standard InChI is InChI=1S/C17H28N2O/c1-17(2,20-3)12-16(13-18)19-10-8-14-6-4-5-7-15(14)9-11-19/h4-7,16H,8-13,18H2,1-3H3. The van der Waals surface area contributed by atoms with E-state index in [1.165, 1.54) is 11.1 Å². The normalized spacial score (nSPS) is 18.4. The van der Waals surface area contributed by atoms with Crippen molar-refractivity contribution in [3.05, 3.63) is 35.4 Å². The van der Waals surface area contributed by atoms with Gasteiger partial charge in [0.05, 0.1) is 5.60 Å². The Morgan fingerprint density at radius 2 is 1.75 bits per heavy atom. The van der Waals surface area contributed by atoms with Gasteiger partial charge < -0.3 is 10.5 Å². The third-order valence-electron chi connectivity index (χ3n) is 4.52. The molecule has 0 aromatic heterocycles. The first-order valence-electron chi connectivity index (χ1n) is 7.62. The fraction of sp³-hybridized carbons (Fsp3) is 0.647. The van der Waals surface area contributed by atoms with Crippen LogP contribution in [0, 0.1) is 0 Å². The zero-order valence-corrected chi connectivity index (χ0v) is 13.1. The number of nitrogens with two attached hydrogens (primary N) is 1. The van der Waals surface area contributed by atoms with Crippen LogP contribution in [0.25, 0.3) is 0 Å². The van der Waals surface area contributed by atoms with Gasteiger partial charge in [-0.05, 0) is 44.2 Å². The fourth-order valence-electron chi connectivity index (χ4n) is 3.06. The summed E-state index contributed by atoms with van der Waals surface area (Å²) < 4.78 is 5.57. The summed E-state index contributed by atoms with van der Waals surface area (Å²) in [6, 6.07) is 9.20. The van der Waals surface area contributed by atoms with Crippen LogP contribution in [0.2, 0.25) is 0 Å². The first-order chi connectivity index (χ1) is 9.55. The molecule has 0 amide bonds. The molecule has 0 saturated carbocycles. The summed E-state index contributed by atoms with van der Waals surface area (Å²) in [7, 11) is 1.78. The average molecular weight is 276 g/mol. The molecule has 0 radical (unpaired) electrons. The molecule has 20 heavy (non-hydrogen) atoms. The summed E-state index contributed by atoms with van der Waals surface area (Å²) in [5, 5.41) is 0. The van der Waals surface area contributed by atoms with E-state index in [4.69, 9.17) is 10.5 Å². The van der Waals surface area contributed by atoms with Gasteiger partial charge in [-0.1, -0.05) is 24.3 Å². The number of nitrogens with zero attached hydrogens (tertiary/aromatic N) is 1. The van der Waals surface area contributed by atoms with Crippen molar-refractivity contribution in [2.75, 3.05) is 26.7 Å². The lowest BCUT2D eigenvalue weighted by Gasteiger charge is -2.35. The van der Waals surface area contributed by atoms with Crippen LogP contribution in [0.15, 0.2) is 24.3 Å². The minimum Gasteiger partial charge on any atom is -0.379 e. The van der Waals surface area contributed by atoms with Gasteiger partial charge in [-0.2, -0.15) is 0 Å². The van der Waals surface area contributed by atoms with Crippen LogP contribution in [-0.4, -0.2) is 43.3 Å². The minimum atomic E-state index is -0.108. The lowest BCUT2D eigenvalue weighted by atomic mass is 9.97. The van der Waals surface area contributed by atoms with E-state index in [-0.39, 0.29) is 5.60 Å². The number of benzene rings is 1. The van der Waals surface area contributed by atoms with Gasteiger partial charge in [0, 0.05) is 32.8 Å². The fourth-order valence-corrected chi connectivity index (χ4v) is 3.06. The molecule has 0 spiro atoms. The van der Waals surface area contributed by atoms with Crippen molar-refractivity contribution in [2.24, 2.45) is 5.73 Å². The molecule has 1 unspecified atom stereocenters. The number of methoxy groups -OCH3 is 1. The van der Waals surface area contributed by atoms with Gasteiger partial charge in [0.25, 0.3) is 0 Å². The second-order valence-electron chi connectivity index (χ2n) is 6.36. The molecule has 112 valence electrons. The molecule has 0 saturated heterocycles.